The highest BCUT2D eigenvalue weighted by atomic mass is 16.7. The number of para-hydroxylation sites is 1. The zero-order chi connectivity index (χ0) is 19.3. The smallest absolute Gasteiger partial charge is 0.237 e. The average molecular weight is 377 g/mol. The minimum atomic E-state index is -0.301. The van der Waals surface area contributed by atoms with E-state index in [2.05, 4.69) is 27.8 Å². The van der Waals surface area contributed by atoms with Gasteiger partial charge in [-0.3, -0.25) is 10.1 Å². The molecule has 3 heterocycles. The third kappa shape index (κ3) is 2.81. The van der Waals surface area contributed by atoms with E-state index in [9.17, 15) is 4.79 Å². The van der Waals surface area contributed by atoms with E-state index in [1.807, 2.05) is 44.2 Å². The Kier molecular flexibility index (Phi) is 4.02. The maximum Gasteiger partial charge on any atom is 0.237 e. The second-order valence-corrected chi connectivity index (χ2v) is 7.70. The first-order valence-electron chi connectivity index (χ1n) is 9.65. The van der Waals surface area contributed by atoms with Gasteiger partial charge in [0, 0.05) is 22.6 Å². The second-order valence-electron chi connectivity index (χ2n) is 7.70. The number of aromatic nitrogens is 1. The zero-order valence-corrected chi connectivity index (χ0v) is 15.9. The van der Waals surface area contributed by atoms with Gasteiger partial charge in [-0.2, -0.15) is 0 Å². The van der Waals surface area contributed by atoms with Crippen LogP contribution in [0.3, 0.4) is 0 Å². The molecule has 5 rings (SSSR count). The summed E-state index contributed by atoms with van der Waals surface area (Å²) in [5.41, 5.74) is 4.43. The Morgan fingerprint density at radius 2 is 1.96 bits per heavy atom. The van der Waals surface area contributed by atoms with Crippen molar-refractivity contribution >= 4 is 16.8 Å². The number of H-pyrrole nitrogens is 1. The highest BCUT2D eigenvalue weighted by molar-refractivity contribution is 5.88. The molecule has 0 unspecified atom stereocenters. The molecule has 2 aliphatic heterocycles. The van der Waals surface area contributed by atoms with Crippen molar-refractivity contribution in [3.8, 4) is 11.5 Å². The molecule has 2 aromatic carbocycles. The summed E-state index contributed by atoms with van der Waals surface area (Å²) in [6, 6.07) is 13.9. The standard InChI is InChI=1S/C22H23N3O3/c1-12(2)23-22(26)17-10-15-14-5-3-4-6-16(14)24-21(15)20(25-17)13-7-8-18-19(9-13)28-11-27-18/h3-9,12,17,20,24-25H,10-11H2,1-2H3,(H,23,26)/t17-,20-/m0/s1. The molecule has 0 saturated heterocycles. The van der Waals surface area contributed by atoms with Crippen molar-refractivity contribution < 1.29 is 14.3 Å². The predicted octanol–water partition coefficient (Wildman–Crippen LogP) is 3.02. The van der Waals surface area contributed by atoms with Gasteiger partial charge in [0.1, 0.15) is 0 Å². The molecular weight excluding hydrogens is 354 g/mol. The van der Waals surface area contributed by atoms with Gasteiger partial charge in [0.25, 0.3) is 0 Å². The predicted molar refractivity (Wildman–Crippen MR) is 107 cm³/mol. The summed E-state index contributed by atoms with van der Waals surface area (Å²) >= 11 is 0. The van der Waals surface area contributed by atoms with Crippen LogP contribution in [0.1, 0.15) is 36.7 Å². The molecule has 144 valence electrons. The second kappa shape index (κ2) is 6.56. The molecule has 2 aliphatic rings. The molecule has 28 heavy (non-hydrogen) atoms. The lowest BCUT2D eigenvalue weighted by Crippen LogP contribution is -2.51. The zero-order valence-electron chi connectivity index (χ0n) is 15.9. The van der Waals surface area contributed by atoms with E-state index >= 15 is 0 Å². The summed E-state index contributed by atoms with van der Waals surface area (Å²) in [6.45, 7) is 4.20. The Morgan fingerprint density at radius 3 is 2.82 bits per heavy atom. The number of hydrogen-bond donors (Lipinski definition) is 3. The maximum atomic E-state index is 12.8. The van der Waals surface area contributed by atoms with Crippen LogP contribution >= 0.6 is 0 Å². The Bertz CT molecular complexity index is 1060. The third-order valence-corrected chi connectivity index (χ3v) is 5.39. The van der Waals surface area contributed by atoms with E-state index in [0.717, 1.165) is 28.3 Å². The van der Waals surface area contributed by atoms with Gasteiger partial charge in [-0.1, -0.05) is 24.3 Å². The van der Waals surface area contributed by atoms with E-state index in [-0.39, 0.29) is 30.8 Å². The lowest BCUT2D eigenvalue weighted by Gasteiger charge is -2.31. The van der Waals surface area contributed by atoms with E-state index in [0.29, 0.717) is 6.42 Å². The first kappa shape index (κ1) is 17.1. The summed E-state index contributed by atoms with van der Waals surface area (Å²) in [6.07, 6.45) is 0.652. The number of amides is 1. The van der Waals surface area contributed by atoms with E-state index in [4.69, 9.17) is 9.47 Å². The number of ether oxygens (including phenoxy) is 2. The molecule has 1 amide bonds. The van der Waals surface area contributed by atoms with Crippen molar-refractivity contribution in [1.82, 2.24) is 15.6 Å². The van der Waals surface area contributed by atoms with Crippen LogP contribution in [0.4, 0.5) is 0 Å². The van der Waals surface area contributed by atoms with Gasteiger partial charge in [0.15, 0.2) is 11.5 Å². The normalized spacial score (nSPS) is 20.4. The molecule has 1 aromatic heterocycles. The van der Waals surface area contributed by atoms with Crippen molar-refractivity contribution in [3.05, 3.63) is 59.3 Å². The topological polar surface area (TPSA) is 75.4 Å². The van der Waals surface area contributed by atoms with Crippen molar-refractivity contribution in [3.63, 3.8) is 0 Å². The Balaban J connectivity index is 1.60. The number of aromatic amines is 1. The van der Waals surface area contributed by atoms with Crippen LogP contribution in [0.15, 0.2) is 42.5 Å². The highest BCUT2D eigenvalue weighted by Crippen LogP contribution is 2.39. The number of hydrogen-bond acceptors (Lipinski definition) is 4. The molecule has 6 heteroatoms. The van der Waals surface area contributed by atoms with Crippen LogP contribution in [0.25, 0.3) is 10.9 Å². The molecular formula is C22H23N3O3. The van der Waals surface area contributed by atoms with Gasteiger partial charge < -0.3 is 19.8 Å². The summed E-state index contributed by atoms with van der Waals surface area (Å²) in [4.78, 5) is 16.4. The summed E-state index contributed by atoms with van der Waals surface area (Å²) in [5.74, 6) is 1.52. The molecule has 3 aromatic rings. The summed E-state index contributed by atoms with van der Waals surface area (Å²) < 4.78 is 11.0. The molecule has 6 nitrogen and oxygen atoms in total. The fourth-order valence-corrected chi connectivity index (χ4v) is 4.14. The molecule has 0 saturated carbocycles. The molecule has 0 spiro atoms. The largest absolute Gasteiger partial charge is 0.454 e. The molecule has 0 bridgehead atoms. The SMILES string of the molecule is CC(C)NC(=O)[C@@H]1Cc2c([nH]c3ccccc23)[C@H](c2ccc3c(c2)OCO3)N1. The van der Waals surface area contributed by atoms with Crippen molar-refractivity contribution in [2.75, 3.05) is 6.79 Å². The first-order valence-corrected chi connectivity index (χ1v) is 9.65. The number of rotatable bonds is 3. The van der Waals surface area contributed by atoms with E-state index in [1.165, 1.54) is 10.9 Å². The Labute approximate surface area is 163 Å². The van der Waals surface area contributed by atoms with Crippen LogP contribution in [-0.2, 0) is 11.2 Å². The molecule has 3 N–H and O–H groups in total. The summed E-state index contributed by atoms with van der Waals surface area (Å²) in [7, 11) is 0. The third-order valence-electron chi connectivity index (χ3n) is 5.39. The van der Waals surface area contributed by atoms with Crippen molar-refractivity contribution in [2.45, 2.75) is 38.4 Å². The van der Waals surface area contributed by atoms with Gasteiger partial charge >= 0.3 is 0 Å². The van der Waals surface area contributed by atoms with Gasteiger partial charge in [-0.05, 0) is 49.6 Å². The van der Waals surface area contributed by atoms with Gasteiger partial charge in [0.05, 0.1) is 12.1 Å². The molecule has 0 fully saturated rings. The van der Waals surface area contributed by atoms with Crippen LogP contribution in [0, 0.1) is 0 Å². The lowest BCUT2D eigenvalue weighted by molar-refractivity contribution is -0.123. The summed E-state index contributed by atoms with van der Waals surface area (Å²) in [5, 5.41) is 7.76. The minimum absolute atomic E-state index is 0.0247. The van der Waals surface area contributed by atoms with E-state index in [1.54, 1.807) is 0 Å². The Morgan fingerprint density at radius 1 is 1.14 bits per heavy atom. The monoisotopic (exact) mass is 377 g/mol. The number of benzene rings is 2. The van der Waals surface area contributed by atoms with Crippen LogP contribution < -0.4 is 20.1 Å². The quantitative estimate of drug-likeness (QED) is 0.656. The molecule has 0 aliphatic carbocycles. The Hall–Kier alpha value is -2.99. The van der Waals surface area contributed by atoms with Crippen molar-refractivity contribution in [2.24, 2.45) is 0 Å². The highest BCUT2D eigenvalue weighted by Gasteiger charge is 2.34. The number of fused-ring (bicyclic) bond motifs is 4. The van der Waals surface area contributed by atoms with Gasteiger partial charge in [0.2, 0.25) is 12.7 Å². The van der Waals surface area contributed by atoms with Crippen LogP contribution in [-0.4, -0.2) is 29.8 Å². The van der Waals surface area contributed by atoms with Gasteiger partial charge in [-0.15, -0.1) is 0 Å². The fourth-order valence-electron chi connectivity index (χ4n) is 4.14. The van der Waals surface area contributed by atoms with Crippen LogP contribution in [0.5, 0.6) is 11.5 Å². The lowest BCUT2D eigenvalue weighted by atomic mass is 9.89. The number of carbonyl (C=O) groups is 1. The van der Waals surface area contributed by atoms with Crippen LogP contribution in [0.2, 0.25) is 0 Å². The fraction of sp³-hybridized carbons (Fsp3) is 0.318. The minimum Gasteiger partial charge on any atom is -0.454 e. The first-order chi connectivity index (χ1) is 13.6. The maximum absolute atomic E-state index is 12.8. The number of carbonyl (C=O) groups excluding carboxylic acids is 1. The van der Waals surface area contributed by atoms with Crippen molar-refractivity contribution in [1.29, 1.82) is 0 Å². The van der Waals surface area contributed by atoms with E-state index < -0.39 is 0 Å². The molecule has 0 radical (unpaired) electrons. The average Bonchev–Trinajstić information content (AvgIpc) is 3.30. The van der Waals surface area contributed by atoms with Gasteiger partial charge in [-0.25, -0.2) is 0 Å². The number of nitrogens with one attached hydrogen (secondary N) is 3. The molecule has 2 atom stereocenters.